The van der Waals surface area contributed by atoms with Gasteiger partial charge >= 0.3 is 35.7 Å². The maximum atomic E-state index is 12.3. The number of allylic oxidation sites excluding steroid dienone is 2. The van der Waals surface area contributed by atoms with Crippen molar-refractivity contribution in [1.29, 1.82) is 0 Å². The molecule has 1 aromatic carbocycles. The zero-order valence-corrected chi connectivity index (χ0v) is 22.2. The van der Waals surface area contributed by atoms with Gasteiger partial charge in [0, 0.05) is 18.2 Å². The van der Waals surface area contributed by atoms with Gasteiger partial charge in [0.25, 0.3) is 0 Å². The second kappa shape index (κ2) is 12.6. The van der Waals surface area contributed by atoms with Crippen LogP contribution in [0.15, 0.2) is 54.3 Å². The van der Waals surface area contributed by atoms with E-state index in [1.54, 1.807) is 17.9 Å². The number of aromatic nitrogens is 2. The molecule has 4 rings (SSSR count). The van der Waals surface area contributed by atoms with Crippen molar-refractivity contribution in [2.24, 2.45) is 12.5 Å². The van der Waals surface area contributed by atoms with Gasteiger partial charge < -0.3 is 14.6 Å². The summed E-state index contributed by atoms with van der Waals surface area (Å²) >= 11 is 0. The normalized spacial score (nSPS) is 14.7. The second-order valence-electron chi connectivity index (χ2n) is 7.69. The summed E-state index contributed by atoms with van der Waals surface area (Å²) in [6.45, 7) is 4.22. The zero-order valence-electron chi connectivity index (χ0n) is 20.2. The molecule has 0 unspecified atom stereocenters. The van der Waals surface area contributed by atoms with Gasteiger partial charge in [-0.1, -0.05) is 56.0 Å². The van der Waals surface area contributed by atoms with Crippen LogP contribution in [0.2, 0.25) is 0 Å². The Morgan fingerprint density at radius 2 is 1.91 bits per heavy atom. The van der Waals surface area contributed by atoms with Crippen LogP contribution >= 0.6 is 0 Å². The summed E-state index contributed by atoms with van der Waals surface area (Å²) in [4.78, 5) is 23.4. The van der Waals surface area contributed by atoms with E-state index in [9.17, 15) is 14.7 Å². The molecule has 0 radical (unpaired) electrons. The molecule has 2 aromatic rings. The molecule has 1 amide bonds. The van der Waals surface area contributed by atoms with Crippen LogP contribution in [-0.2, 0) is 16.6 Å². The van der Waals surface area contributed by atoms with Crippen LogP contribution in [0.1, 0.15) is 45.1 Å². The molecular weight excluding hydrogens is 441 g/mol. The number of carboxylic acid groups (broad SMARTS) is 1. The molecule has 2 aliphatic carbocycles. The number of ether oxygens (including phenoxy) is 1. The number of hydrogen-bond acceptors (Lipinski definition) is 5. The van der Waals surface area contributed by atoms with E-state index in [1.807, 2.05) is 44.2 Å². The Labute approximate surface area is 222 Å². The molecule has 0 saturated heterocycles. The number of aryl methyl sites for hydroxylation is 1. The molecule has 172 valence electrons. The molecule has 34 heavy (non-hydrogen) atoms. The molecule has 0 aliphatic heterocycles. The van der Waals surface area contributed by atoms with Crippen molar-refractivity contribution in [2.75, 3.05) is 11.9 Å². The Morgan fingerprint density at radius 3 is 2.50 bits per heavy atom. The number of hydrogen-bond donors (Lipinski definition) is 1. The SMILES string of the molecule is CC.Cn1ncc(-c2ccc(C#CC3(C(=O)[O-])CC3)cc2)c1NC(=O)OCC1=CCCC=C1.[Na+]. The number of nitrogens with zero attached hydrogens (tertiary/aromatic N) is 2. The number of rotatable bonds is 5. The molecule has 0 spiro atoms. The van der Waals surface area contributed by atoms with Crippen molar-refractivity contribution >= 4 is 17.9 Å². The topological polar surface area (TPSA) is 96.3 Å². The summed E-state index contributed by atoms with van der Waals surface area (Å²) in [5.74, 6) is 5.14. The summed E-state index contributed by atoms with van der Waals surface area (Å²) in [6, 6.07) is 7.33. The van der Waals surface area contributed by atoms with Crippen LogP contribution in [0.3, 0.4) is 0 Å². The molecular formula is C26H28N3NaO4. The first-order valence-corrected chi connectivity index (χ1v) is 11.1. The van der Waals surface area contributed by atoms with E-state index in [0.29, 0.717) is 24.2 Å². The van der Waals surface area contributed by atoms with Crippen LogP contribution in [0.25, 0.3) is 11.1 Å². The molecule has 0 bridgehead atoms. The van der Waals surface area contributed by atoms with E-state index in [0.717, 1.165) is 29.5 Å². The van der Waals surface area contributed by atoms with Crippen LogP contribution in [0, 0.1) is 17.3 Å². The third-order valence-electron chi connectivity index (χ3n) is 5.38. The maximum absolute atomic E-state index is 12.3. The summed E-state index contributed by atoms with van der Waals surface area (Å²) in [5, 5.41) is 18.1. The number of benzene rings is 1. The van der Waals surface area contributed by atoms with E-state index in [1.165, 1.54) is 0 Å². The summed E-state index contributed by atoms with van der Waals surface area (Å²) in [7, 11) is 1.74. The largest absolute Gasteiger partial charge is 1.00 e. The number of aliphatic carboxylic acids is 1. The van der Waals surface area contributed by atoms with E-state index < -0.39 is 17.5 Å². The number of carbonyl (C=O) groups excluding carboxylic acids is 2. The molecule has 8 heteroatoms. The summed E-state index contributed by atoms with van der Waals surface area (Å²) in [6.07, 6.45) is 10.2. The third-order valence-corrected chi connectivity index (χ3v) is 5.38. The minimum Gasteiger partial charge on any atom is -0.548 e. The Bertz CT molecular complexity index is 1130. The first-order valence-electron chi connectivity index (χ1n) is 11.1. The Balaban J connectivity index is 0.00000133. The van der Waals surface area contributed by atoms with E-state index in [4.69, 9.17) is 4.74 Å². The van der Waals surface area contributed by atoms with E-state index >= 15 is 0 Å². The Kier molecular flexibility index (Phi) is 10.2. The van der Waals surface area contributed by atoms with Crippen LogP contribution < -0.4 is 40.0 Å². The predicted octanol–water partition coefficient (Wildman–Crippen LogP) is 0.824. The minimum absolute atomic E-state index is 0. The number of amides is 1. The summed E-state index contributed by atoms with van der Waals surface area (Å²) < 4.78 is 6.90. The van der Waals surface area contributed by atoms with Crippen LogP contribution in [0.4, 0.5) is 10.6 Å². The standard InChI is InChI=1S/C24H23N3O4.C2H6.Na/c1-27-21(26-23(30)31-16-18-5-3-2-4-6-18)20(15-25-27)19-9-7-17(8-10-19)11-12-24(13-14-24)22(28)29;1-2;/h3,5-10,15H,2,4,13-14,16H2,1H3,(H,26,30)(H,28,29);1-2H3;/q;;+1/p-1. The average Bonchev–Trinajstić information content (AvgIpc) is 3.57. The predicted molar refractivity (Wildman–Crippen MR) is 125 cm³/mol. The molecule has 1 fully saturated rings. The first kappa shape index (κ1) is 27.5. The quantitative estimate of drug-likeness (QED) is 0.517. The fourth-order valence-electron chi connectivity index (χ4n) is 3.28. The number of carbonyl (C=O) groups is 2. The number of nitrogens with one attached hydrogen (secondary N) is 1. The van der Waals surface area contributed by atoms with Gasteiger partial charge in [0.2, 0.25) is 0 Å². The Hall–Kier alpha value is -2.79. The van der Waals surface area contributed by atoms with Crippen LogP contribution in [-0.4, -0.2) is 28.4 Å². The van der Waals surface area contributed by atoms with Crippen molar-refractivity contribution in [1.82, 2.24) is 9.78 Å². The molecule has 1 aromatic heterocycles. The van der Waals surface area contributed by atoms with Gasteiger partial charge in [0.15, 0.2) is 0 Å². The minimum atomic E-state index is -1.11. The fraction of sp³-hybridized carbons (Fsp3) is 0.346. The molecule has 1 saturated carbocycles. The second-order valence-corrected chi connectivity index (χ2v) is 7.69. The van der Waals surface area contributed by atoms with Gasteiger partial charge in [-0.05, 0) is 49.0 Å². The molecule has 1 N–H and O–H groups in total. The molecule has 1 heterocycles. The van der Waals surface area contributed by atoms with Gasteiger partial charge in [0.1, 0.15) is 12.4 Å². The van der Waals surface area contributed by atoms with Crippen molar-refractivity contribution in [2.45, 2.75) is 39.5 Å². The average molecular weight is 470 g/mol. The maximum Gasteiger partial charge on any atom is 1.00 e. The van der Waals surface area contributed by atoms with Gasteiger partial charge in [-0.3, -0.25) is 10.00 Å². The van der Waals surface area contributed by atoms with Crippen LogP contribution in [0.5, 0.6) is 0 Å². The number of carboxylic acids is 1. The molecule has 2 aliphatic rings. The zero-order chi connectivity index (χ0) is 23.8. The van der Waals surface area contributed by atoms with Crippen molar-refractivity contribution in [3.05, 3.63) is 59.8 Å². The van der Waals surface area contributed by atoms with E-state index in [-0.39, 0.29) is 36.2 Å². The van der Waals surface area contributed by atoms with Crippen molar-refractivity contribution in [3.63, 3.8) is 0 Å². The monoisotopic (exact) mass is 469 g/mol. The first-order chi connectivity index (χ1) is 16.0. The summed E-state index contributed by atoms with van der Waals surface area (Å²) in [5.41, 5.74) is 2.29. The van der Waals surface area contributed by atoms with Gasteiger partial charge in [-0.25, -0.2) is 4.79 Å². The molecule has 0 atom stereocenters. The Morgan fingerprint density at radius 1 is 1.21 bits per heavy atom. The smallest absolute Gasteiger partial charge is 0.548 e. The van der Waals surface area contributed by atoms with Gasteiger partial charge in [-0.2, -0.15) is 5.10 Å². The number of anilines is 1. The molecule has 7 nitrogen and oxygen atoms in total. The van der Waals surface area contributed by atoms with E-state index in [2.05, 4.69) is 34.4 Å². The van der Waals surface area contributed by atoms with Crippen molar-refractivity contribution in [3.8, 4) is 23.0 Å². The fourth-order valence-corrected chi connectivity index (χ4v) is 3.28. The third kappa shape index (κ3) is 6.86. The van der Waals surface area contributed by atoms with Crippen molar-refractivity contribution < 1.29 is 49.0 Å². The van der Waals surface area contributed by atoms with Gasteiger partial charge in [0.05, 0.1) is 17.6 Å². The van der Waals surface area contributed by atoms with Gasteiger partial charge in [-0.15, -0.1) is 0 Å².